The smallest absolute Gasteiger partial charge is 0.119 e. The molecule has 1 saturated heterocycles. The molecule has 0 N–H and O–H groups in total. The van der Waals surface area contributed by atoms with Crippen LogP contribution < -0.4 is 4.74 Å². The van der Waals surface area contributed by atoms with Crippen molar-refractivity contribution < 1.29 is 4.74 Å². The van der Waals surface area contributed by atoms with Crippen LogP contribution in [0.25, 0.3) is 0 Å². The van der Waals surface area contributed by atoms with E-state index in [0.717, 1.165) is 24.5 Å². The molecule has 1 aliphatic rings. The fraction of sp³-hybridized carbons (Fsp3) is 0.600. The molecule has 1 aromatic rings. The molecule has 0 aliphatic carbocycles. The van der Waals surface area contributed by atoms with Gasteiger partial charge in [0.25, 0.3) is 0 Å². The Morgan fingerprint density at radius 1 is 1.00 bits per heavy atom. The third-order valence-corrected chi connectivity index (χ3v) is 3.76. The molecule has 0 amide bonds. The predicted octanol–water partition coefficient (Wildman–Crippen LogP) is 3.68. The summed E-state index contributed by atoms with van der Waals surface area (Å²) >= 11 is 5.75. The third kappa shape index (κ3) is 4.51. The van der Waals surface area contributed by atoms with Crippen LogP contribution in [0.15, 0.2) is 24.3 Å². The normalized spacial score (nSPS) is 17.4. The van der Waals surface area contributed by atoms with Gasteiger partial charge in [0, 0.05) is 12.4 Å². The Labute approximate surface area is 115 Å². The Kier molecular flexibility index (Phi) is 5.82. The first-order valence-corrected chi connectivity index (χ1v) is 7.42. The van der Waals surface area contributed by atoms with E-state index in [2.05, 4.69) is 4.90 Å². The minimum atomic E-state index is 0.564. The highest BCUT2D eigenvalue weighted by Gasteiger charge is 2.08. The van der Waals surface area contributed by atoms with Gasteiger partial charge in [0.05, 0.1) is 0 Å². The molecule has 0 aromatic heterocycles. The van der Waals surface area contributed by atoms with E-state index in [1.165, 1.54) is 38.8 Å². The quantitative estimate of drug-likeness (QED) is 0.755. The topological polar surface area (TPSA) is 12.5 Å². The fourth-order valence-corrected chi connectivity index (χ4v) is 2.51. The molecular formula is C15H22ClNO. The minimum absolute atomic E-state index is 0.564. The maximum atomic E-state index is 5.76. The fourth-order valence-electron chi connectivity index (χ4n) is 2.33. The molecule has 0 spiro atoms. The monoisotopic (exact) mass is 267 g/mol. The lowest BCUT2D eigenvalue weighted by Gasteiger charge is -2.19. The van der Waals surface area contributed by atoms with E-state index in [1.807, 2.05) is 24.3 Å². The molecule has 18 heavy (non-hydrogen) atoms. The number of ether oxygens (including phenoxy) is 1. The summed E-state index contributed by atoms with van der Waals surface area (Å²) in [6.45, 7) is 4.28. The van der Waals surface area contributed by atoms with Crippen LogP contribution in [0.5, 0.6) is 5.75 Å². The van der Waals surface area contributed by atoms with Crippen molar-refractivity contribution in [2.75, 3.05) is 26.2 Å². The Morgan fingerprint density at radius 2 is 1.67 bits per heavy atom. The van der Waals surface area contributed by atoms with Crippen molar-refractivity contribution in [2.24, 2.45) is 0 Å². The maximum Gasteiger partial charge on any atom is 0.119 e. The van der Waals surface area contributed by atoms with Crippen LogP contribution in [0.1, 0.15) is 31.2 Å². The molecule has 0 bridgehead atoms. The molecule has 1 fully saturated rings. The van der Waals surface area contributed by atoms with Crippen molar-refractivity contribution in [2.45, 2.75) is 31.6 Å². The van der Waals surface area contributed by atoms with Gasteiger partial charge in [-0.15, -0.1) is 11.6 Å². The molecule has 0 unspecified atom stereocenters. The molecule has 3 heteroatoms. The number of hydrogen-bond donors (Lipinski definition) is 0. The van der Waals surface area contributed by atoms with Crippen molar-refractivity contribution in [1.82, 2.24) is 4.90 Å². The Hall–Kier alpha value is -0.730. The van der Waals surface area contributed by atoms with E-state index in [9.17, 15) is 0 Å². The van der Waals surface area contributed by atoms with Crippen molar-refractivity contribution in [1.29, 1.82) is 0 Å². The van der Waals surface area contributed by atoms with Crippen LogP contribution in [0.4, 0.5) is 0 Å². The third-order valence-electron chi connectivity index (χ3n) is 3.45. The highest BCUT2D eigenvalue weighted by Crippen LogP contribution is 2.14. The average molecular weight is 268 g/mol. The van der Waals surface area contributed by atoms with Gasteiger partial charge in [0.1, 0.15) is 12.4 Å². The van der Waals surface area contributed by atoms with E-state index in [4.69, 9.17) is 16.3 Å². The Balaban J connectivity index is 1.70. The van der Waals surface area contributed by atoms with Gasteiger partial charge in [0.2, 0.25) is 0 Å². The second-order valence-corrected chi connectivity index (χ2v) is 5.15. The van der Waals surface area contributed by atoms with E-state index >= 15 is 0 Å². The lowest BCUT2D eigenvalue weighted by atomic mass is 10.2. The van der Waals surface area contributed by atoms with Gasteiger partial charge in [-0.2, -0.15) is 0 Å². The van der Waals surface area contributed by atoms with Crippen LogP contribution in [0.3, 0.4) is 0 Å². The van der Waals surface area contributed by atoms with E-state index in [1.54, 1.807) is 0 Å². The summed E-state index contributed by atoms with van der Waals surface area (Å²) in [6, 6.07) is 8.04. The highest BCUT2D eigenvalue weighted by atomic mass is 35.5. The molecule has 2 nitrogen and oxygen atoms in total. The van der Waals surface area contributed by atoms with Crippen LogP contribution in [-0.2, 0) is 5.88 Å². The average Bonchev–Trinajstić information content (AvgIpc) is 2.68. The maximum absolute atomic E-state index is 5.76. The van der Waals surface area contributed by atoms with Crippen LogP contribution in [0.2, 0.25) is 0 Å². The summed E-state index contributed by atoms with van der Waals surface area (Å²) in [4.78, 5) is 2.51. The van der Waals surface area contributed by atoms with Crippen molar-refractivity contribution >= 4 is 11.6 Å². The first kappa shape index (κ1) is 13.7. The second-order valence-electron chi connectivity index (χ2n) is 4.88. The van der Waals surface area contributed by atoms with Crippen LogP contribution >= 0.6 is 11.6 Å². The van der Waals surface area contributed by atoms with E-state index in [0.29, 0.717) is 5.88 Å². The van der Waals surface area contributed by atoms with Crippen molar-refractivity contribution in [3.63, 3.8) is 0 Å². The summed E-state index contributed by atoms with van der Waals surface area (Å²) in [5, 5.41) is 0. The summed E-state index contributed by atoms with van der Waals surface area (Å²) in [7, 11) is 0. The van der Waals surface area contributed by atoms with Gasteiger partial charge in [-0.3, -0.25) is 4.90 Å². The number of likely N-dealkylation sites (tertiary alicyclic amines) is 1. The number of rotatable bonds is 5. The van der Waals surface area contributed by atoms with Crippen LogP contribution in [-0.4, -0.2) is 31.1 Å². The van der Waals surface area contributed by atoms with E-state index < -0.39 is 0 Å². The molecule has 1 aliphatic heterocycles. The summed E-state index contributed by atoms with van der Waals surface area (Å²) < 4.78 is 5.76. The van der Waals surface area contributed by atoms with Gasteiger partial charge in [-0.05, 0) is 43.6 Å². The standard InChI is InChI=1S/C15H22ClNO/c16-13-14-5-7-15(8-6-14)18-12-11-17-9-3-1-2-4-10-17/h5-8H,1-4,9-13H2. The number of alkyl halides is 1. The molecule has 0 atom stereocenters. The van der Waals surface area contributed by atoms with Gasteiger partial charge >= 0.3 is 0 Å². The molecular weight excluding hydrogens is 246 g/mol. The molecule has 2 rings (SSSR count). The predicted molar refractivity (Wildman–Crippen MR) is 76.4 cm³/mol. The molecule has 0 radical (unpaired) electrons. The Bertz CT molecular complexity index is 331. The van der Waals surface area contributed by atoms with Crippen LogP contribution in [0, 0.1) is 0 Å². The zero-order valence-electron chi connectivity index (χ0n) is 10.9. The highest BCUT2D eigenvalue weighted by molar-refractivity contribution is 6.17. The first-order chi connectivity index (χ1) is 8.88. The van der Waals surface area contributed by atoms with Crippen molar-refractivity contribution in [3.05, 3.63) is 29.8 Å². The van der Waals surface area contributed by atoms with Gasteiger partial charge in [0.15, 0.2) is 0 Å². The lowest BCUT2D eigenvalue weighted by Crippen LogP contribution is -2.29. The number of nitrogens with zero attached hydrogens (tertiary/aromatic N) is 1. The lowest BCUT2D eigenvalue weighted by molar-refractivity contribution is 0.214. The SMILES string of the molecule is ClCc1ccc(OCCN2CCCCCC2)cc1. The summed E-state index contributed by atoms with van der Waals surface area (Å²) in [5.41, 5.74) is 1.14. The largest absolute Gasteiger partial charge is 0.492 e. The summed E-state index contributed by atoms with van der Waals surface area (Å²) in [5.74, 6) is 1.51. The van der Waals surface area contributed by atoms with Gasteiger partial charge in [-0.25, -0.2) is 0 Å². The molecule has 1 aromatic carbocycles. The molecule has 1 heterocycles. The number of benzene rings is 1. The Morgan fingerprint density at radius 3 is 2.28 bits per heavy atom. The van der Waals surface area contributed by atoms with Crippen molar-refractivity contribution in [3.8, 4) is 5.75 Å². The second kappa shape index (κ2) is 7.65. The van der Waals surface area contributed by atoms with Gasteiger partial charge < -0.3 is 4.74 Å². The number of hydrogen-bond acceptors (Lipinski definition) is 2. The minimum Gasteiger partial charge on any atom is -0.492 e. The first-order valence-electron chi connectivity index (χ1n) is 6.88. The van der Waals surface area contributed by atoms with E-state index in [-0.39, 0.29) is 0 Å². The zero-order chi connectivity index (χ0) is 12.6. The summed E-state index contributed by atoms with van der Waals surface area (Å²) in [6.07, 6.45) is 5.45. The molecule has 100 valence electrons. The zero-order valence-corrected chi connectivity index (χ0v) is 11.7. The van der Waals surface area contributed by atoms with Gasteiger partial charge in [-0.1, -0.05) is 25.0 Å². The number of halogens is 1. The molecule has 0 saturated carbocycles.